The van der Waals surface area contributed by atoms with Crippen LogP contribution in [0, 0.1) is 0 Å². The number of anilines is 1. The van der Waals surface area contributed by atoms with E-state index in [0.29, 0.717) is 18.7 Å². The van der Waals surface area contributed by atoms with Gasteiger partial charge in [0.25, 0.3) is 0 Å². The van der Waals surface area contributed by atoms with Crippen molar-refractivity contribution in [2.24, 2.45) is 0 Å². The topological polar surface area (TPSA) is 67.4 Å². The quantitative estimate of drug-likeness (QED) is 0.615. The predicted molar refractivity (Wildman–Crippen MR) is 87.0 cm³/mol. The molecule has 5 nitrogen and oxygen atoms in total. The Bertz CT molecular complexity index is 503. The first-order valence-corrected chi connectivity index (χ1v) is 9.01. The molecule has 1 aromatic carbocycles. The molecule has 0 amide bonds. The molecule has 0 spiro atoms. The molecule has 0 heterocycles. The van der Waals surface area contributed by atoms with Crippen LogP contribution in [0.5, 0.6) is 0 Å². The number of hydrogen-bond acceptors (Lipinski definition) is 4. The largest absolute Gasteiger partial charge is 0.380 e. The highest BCUT2D eigenvalue weighted by atomic mass is 32.2. The van der Waals surface area contributed by atoms with E-state index in [-0.39, 0.29) is 5.75 Å². The van der Waals surface area contributed by atoms with E-state index in [2.05, 4.69) is 17.0 Å². The highest BCUT2D eigenvalue weighted by molar-refractivity contribution is 7.92. The summed E-state index contributed by atoms with van der Waals surface area (Å²) in [4.78, 5) is 0. The summed E-state index contributed by atoms with van der Waals surface area (Å²) in [6, 6.07) is 7.27. The number of rotatable bonds is 11. The standard InChI is InChI=1S/C15H26N2O3S/c1-3-9-16-10-4-5-11-21(18,19)17-15-8-6-7-14(12-15)13-20-2/h6-8,12,16-17H,3-5,9-11,13H2,1-2H3. The van der Waals surface area contributed by atoms with Crippen molar-refractivity contribution in [3.63, 3.8) is 0 Å². The number of sulfonamides is 1. The van der Waals surface area contributed by atoms with E-state index in [1.165, 1.54) is 0 Å². The van der Waals surface area contributed by atoms with Gasteiger partial charge < -0.3 is 10.1 Å². The van der Waals surface area contributed by atoms with E-state index < -0.39 is 10.0 Å². The summed E-state index contributed by atoms with van der Waals surface area (Å²) in [5.74, 6) is 0.148. The summed E-state index contributed by atoms with van der Waals surface area (Å²) < 4.78 is 31.6. The molecule has 0 radical (unpaired) electrons. The van der Waals surface area contributed by atoms with Crippen LogP contribution in [0.2, 0.25) is 0 Å². The van der Waals surface area contributed by atoms with Crippen LogP contribution >= 0.6 is 0 Å². The fourth-order valence-electron chi connectivity index (χ4n) is 1.97. The van der Waals surface area contributed by atoms with Crippen LogP contribution in [0.1, 0.15) is 31.7 Å². The Morgan fingerprint density at radius 1 is 1.19 bits per heavy atom. The fourth-order valence-corrected chi connectivity index (χ4v) is 3.14. The van der Waals surface area contributed by atoms with Gasteiger partial charge in [-0.05, 0) is 50.0 Å². The van der Waals surface area contributed by atoms with E-state index in [4.69, 9.17) is 4.74 Å². The lowest BCUT2D eigenvalue weighted by Gasteiger charge is -2.09. The average molecular weight is 314 g/mol. The minimum atomic E-state index is -3.28. The second-order valence-electron chi connectivity index (χ2n) is 5.01. The van der Waals surface area contributed by atoms with Gasteiger partial charge in [-0.1, -0.05) is 19.1 Å². The number of nitrogens with one attached hydrogen (secondary N) is 2. The molecule has 0 aliphatic heterocycles. The van der Waals surface area contributed by atoms with Gasteiger partial charge in [0.15, 0.2) is 0 Å². The van der Waals surface area contributed by atoms with Crippen LogP contribution in [0.15, 0.2) is 24.3 Å². The zero-order valence-corrected chi connectivity index (χ0v) is 13.7. The van der Waals surface area contributed by atoms with E-state index in [0.717, 1.165) is 31.5 Å². The SMILES string of the molecule is CCCNCCCCS(=O)(=O)Nc1cccc(COC)c1. The molecule has 0 atom stereocenters. The smallest absolute Gasteiger partial charge is 0.232 e. The summed E-state index contributed by atoms with van der Waals surface area (Å²) in [5.41, 5.74) is 1.54. The van der Waals surface area contributed by atoms with Crippen LogP contribution < -0.4 is 10.0 Å². The summed E-state index contributed by atoms with van der Waals surface area (Å²) >= 11 is 0. The first kappa shape index (κ1) is 17.9. The molecule has 1 aromatic rings. The van der Waals surface area contributed by atoms with Crippen molar-refractivity contribution in [1.82, 2.24) is 5.32 Å². The van der Waals surface area contributed by atoms with Crippen molar-refractivity contribution in [2.75, 3.05) is 30.7 Å². The van der Waals surface area contributed by atoms with Crippen molar-refractivity contribution in [3.05, 3.63) is 29.8 Å². The van der Waals surface area contributed by atoms with Gasteiger partial charge in [-0.25, -0.2) is 8.42 Å². The van der Waals surface area contributed by atoms with Gasteiger partial charge in [0, 0.05) is 12.8 Å². The molecule has 0 unspecified atom stereocenters. The minimum Gasteiger partial charge on any atom is -0.380 e. The maximum atomic E-state index is 12.0. The van der Waals surface area contributed by atoms with Crippen molar-refractivity contribution < 1.29 is 13.2 Å². The molecule has 21 heavy (non-hydrogen) atoms. The number of methoxy groups -OCH3 is 1. The van der Waals surface area contributed by atoms with Crippen molar-refractivity contribution in [1.29, 1.82) is 0 Å². The van der Waals surface area contributed by atoms with Gasteiger partial charge in [-0.2, -0.15) is 0 Å². The first-order chi connectivity index (χ1) is 10.1. The lowest BCUT2D eigenvalue weighted by molar-refractivity contribution is 0.185. The molecule has 120 valence electrons. The summed E-state index contributed by atoms with van der Waals surface area (Å²) in [6.07, 6.45) is 2.62. The van der Waals surface area contributed by atoms with Gasteiger partial charge in [-0.15, -0.1) is 0 Å². The van der Waals surface area contributed by atoms with Crippen molar-refractivity contribution in [2.45, 2.75) is 32.8 Å². The van der Waals surface area contributed by atoms with Crippen molar-refractivity contribution >= 4 is 15.7 Å². The Hall–Kier alpha value is -1.11. The van der Waals surface area contributed by atoms with Crippen LogP contribution in [0.4, 0.5) is 5.69 Å². The normalized spacial score (nSPS) is 11.5. The van der Waals surface area contributed by atoms with Crippen LogP contribution in [-0.2, 0) is 21.4 Å². The maximum absolute atomic E-state index is 12.0. The summed E-state index contributed by atoms with van der Waals surface area (Å²) in [6.45, 7) is 4.43. The average Bonchev–Trinajstić information content (AvgIpc) is 2.43. The van der Waals surface area contributed by atoms with Crippen LogP contribution in [0.25, 0.3) is 0 Å². The monoisotopic (exact) mass is 314 g/mol. The molecule has 1 rings (SSSR count). The zero-order chi connectivity index (χ0) is 15.6. The summed E-state index contributed by atoms with van der Waals surface area (Å²) in [5, 5.41) is 3.26. The molecule has 0 bridgehead atoms. The predicted octanol–water partition coefficient (Wildman–Crippen LogP) is 2.35. The third kappa shape index (κ3) is 8.04. The van der Waals surface area contributed by atoms with Gasteiger partial charge in [0.1, 0.15) is 0 Å². The maximum Gasteiger partial charge on any atom is 0.232 e. The minimum absolute atomic E-state index is 0.148. The summed E-state index contributed by atoms with van der Waals surface area (Å²) in [7, 11) is -1.66. The Labute approximate surface area is 128 Å². The molecule has 2 N–H and O–H groups in total. The van der Waals surface area contributed by atoms with Crippen LogP contribution in [0.3, 0.4) is 0 Å². The molecule has 0 aliphatic rings. The molecule has 0 aromatic heterocycles. The molecule has 6 heteroatoms. The number of unbranched alkanes of at least 4 members (excludes halogenated alkanes) is 1. The number of benzene rings is 1. The Morgan fingerprint density at radius 3 is 2.71 bits per heavy atom. The second-order valence-corrected chi connectivity index (χ2v) is 6.85. The molecule has 0 aliphatic carbocycles. The number of hydrogen-bond donors (Lipinski definition) is 2. The lowest BCUT2D eigenvalue weighted by Crippen LogP contribution is -2.20. The Morgan fingerprint density at radius 2 is 2.00 bits per heavy atom. The van der Waals surface area contributed by atoms with E-state index in [1.54, 1.807) is 19.2 Å². The van der Waals surface area contributed by atoms with E-state index in [9.17, 15) is 8.42 Å². The third-order valence-corrected chi connectivity index (χ3v) is 4.33. The lowest BCUT2D eigenvalue weighted by atomic mass is 10.2. The van der Waals surface area contributed by atoms with Gasteiger partial charge in [0.2, 0.25) is 10.0 Å². The highest BCUT2D eigenvalue weighted by Crippen LogP contribution is 2.13. The van der Waals surface area contributed by atoms with E-state index >= 15 is 0 Å². The molecule has 0 saturated carbocycles. The third-order valence-electron chi connectivity index (χ3n) is 2.95. The van der Waals surface area contributed by atoms with Gasteiger partial charge in [0.05, 0.1) is 12.4 Å². The Balaban J connectivity index is 2.39. The molecule has 0 saturated heterocycles. The van der Waals surface area contributed by atoms with Crippen LogP contribution in [-0.4, -0.2) is 34.4 Å². The van der Waals surface area contributed by atoms with Crippen molar-refractivity contribution in [3.8, 4) is 0 Å². The van der Waals surface area contributed by atoms with Gasteiger partial charge >= 0.3 is 0 Å². The molecule has 0 fully saturated rings. The Kier molecular flexibility index (Phi) is 8.34. The second kappa shape index (κ2) is 9.76. The molecular weight excluding hydrogens is 288 g/mol. The fraction of sp³-hybridized carbons (Fsp3) is 0.600. The first-order valence-electron chi connectivity index (χ1n) is 7.36. The zero-order valence-electron chi connectivity index (χ0n) is 12.9. The van der Waals surface area contributed by atoms with Gasteiger partial charge in [-0.3, -0.25) is 4.72 Å². The van der Waals surface area contributed by atoms with E-state index in [1.807, 2.05) is 12.1 Å². The number of ether oxygens (including phenoxy) is 1. The molecular formula is C15H26N2O3S. The highest BCUT2D eigenvalue weighted by Gasteiger charge is 2.10.